The number of aryl methyl sites for hydroxylation is 1. The van der Waals surface area contributed by atoms with Crippen molar-refractivity contribution >= 4 is 23.3 Å². The molecular weight excluding hydrogens is 257 g/mol. The van der Waals surface area contributed by atoms with Gasteiger partial charge in [0.2, 0.25) is 0 Å². The molecule has 1 amide bonds. The number of nitrogens with zero attached hydrogens (tertiary/aromatic N) is 1. The van der Waals surface area contributed by atoms with Gasteiger partial charge in [-0.3, -0.25) is 9.89 Å². The summed E-state index contributed by atoms with van der Waals surface area (Å²) in [6.07, 6.45) is 2.39. The third-order valence-electron chi connectivity index (χ3n) is 2.52. The van der Waals surface area contributed by atoms with Crippen LogP contribution in [0.2, 0.25) is 5.02 Å². The van der Waals surface area contributed by atoms with E-state index in [4.69, 9.17) is 11.6 Å². The molecule has 94 valence electrons. The smallest absolute Gasteiger partial charge is 0.256 e. The standard InChI is InChI=1S/C12H11ClFN3O/c1-2-7-6-15-17-11(7)16-12(18)8-3-4-10(14)9(13)5-8/h3-6H,2H2,1H3,(H2,15,16,17,18). The summed E-state index contributed by atoms with van der Waals surface area (Å²) >= 11 is 5.62. The summed E-state index contributed by atoms with van der Waals surface area (Å²) in [6, 6.07) is 3.82. The number of H-pyrrole nitrogens is 1. The number of carbonyl (C=O) groups excluding carboxylic acids is 1. The Labute approximate surface area is 108 Å². The first-order chi connectivity index (χ1) is 8.61. The van der Waals surface area contributed by atoms with Crippen molar-refractivity contribution in [3.8, 4) is 0 Å². The molecule has 18 heavy (non-hydrogen) atoms. The number of aromatic amines is 1. The van der Waals surface area contributed by atoms with E-state index in [1.165, 1.54) is 12.1 Å². The van der Waals surface area contributed by atoms with Gasteiger partial charge in [0.1, 0.15) is 11.6 Å². The van der Waals surface area contributed by atoms with Crippen LogP contribution in [-0.2, 0) is 6.42 Å². The Balaban J connectivity index is 2.19. The first kappa shape index (κ1) is 12.6. The van der Waals surface area contributed by atoms with Crippen molar-refractivity contribution in [2.24, 2.45) is 0 Å². The number of benzene rings is 1. The Morgan fingerprint density at radius 1 is 1.56 bits per heavy atom. The second-order valence-electron chi connectivity index (χ2n) is 3.71. The molecule has 0 aliphatic carbocycles. The molecule has 0 atom stereocenters. The Hall–Kier alpha value is -1.88. The van der Waals surface area contributed by atoms with Gasteiger partial charge in [-0.25, -0.2) is 4.39 Å². The molecule has 1 aromatic heterocycles. The summed E-state index contributed by atoms with van der Waals surface area (Å²) in [6.45, 7) is 1.95. The van der Waals surface area contributed by atoms with Crippen molar-refractivity contribution in [2.45, 2.75) is 13.3 Å². The summed E-state index contributed by atoms with van der Waals surface area (Å²) in [7, 11) is 0. The summed E-state index contributed by atoms with van der Waals surface area (Å²) < 4.78 is 13.0. The SMILES string of the molecule is CCc1cn[nH]c1NC(=O)c1ccc(F)c(Cl)c1. The van der Waals surface area contributed by atoms with E-state index >= 15 is 0 Å². The number of rotatable bonds is 3. The van der Waals surface area contributed by atoms with Crippen LogP contribution in [0.25, 0.3) is 0 Å². The molecule has 0 radical (unpaired) electrons. The lowest BCUT2D eigenvalue weighted by Crippen LogP contribution is -2.13. The second kappa shape index (κ2) is 5.18. The minimum Gasteiger partial charge on any atom is -0.307 e. The van der Waals surface area contributed by atoms with Gasteiger partial charge in [-0.05, 0) is 24.6 Å². The molecule has 0 saturated heterocycles. The highest BCUT2D eigenvalue weighted by molar-refractivity contribution is 6.31. The Morgan fingerprint density at radius 2 is 2.33 bits per heavy atom. The lowest BCUT2D eigenvalue weighted by Gasteiger charge is -2.05. The second-order valence-corrected chi connectivity index (χ2v) is 4.11. The number of nitrogens with one attached hydrogen (secondary N) is 2. The van der Waals surface area contributed by atoms with Gasteiger partial charge in [0.15, 0.2) is 0 Å². The summed E-state index contributed by atoms with van der Waals surface area (Å²) in [5.41, 5.74) is 1.19. The van der Waals surface area contributed by atoms with Crippen molar-refractivity contribution in [2.75, 3.05) is 5.32 Å². The van der Waals surface area contributed by atoms with E-state index in [1.54, 1.807) is 6.20 Å². The van der Waals surface area contributed by atoms with Crippen LogP contribution >= 0.6 is 11.6 Å². The first-order valence-corrected chi connectivity index (χ1v) is 5.78. The van der Waals surface area contributed by atoms with Crippen molar-refractivity contribution in [1.82, 2.24) is 10.2 Å². The van der Waals surface area contributed by atoms with Crippen LogP contribution in [0.5, 0.6) is 0 Å². The molecular formula is C12H11ClFN3O. The third-order valence-corrected chi connectivity index (χ3v) is 2.81. The van der Waals surface area contributed by atoms with Crippen LogP contribution < -0.4 is 5.32 Å². The number of anilines is 1. The fraction of sp³-hybridized carbons (Fsp3) is 0.167. The highest BCUT2D eigenvalue weighted by atomic mass is 35.5. The maximum Gasteiger partial charge on any atom is 0.256 e. The van der Waals surface area contributed by atoms with E-state index in [9.17, 15) is 9.18 Å². The molecule has 0 unspecified atom stereocenters. The van der Waals surface area contributed by atoms with Crippen LogP contribution in [0.4, 0.5) is 10.2 Å². The fourth-order valence-electron chi connectivity index (χ4n) is 1.51. The molecule has 0 saturated carbocycles. The zero-order valence-corrected chi connectivity index (χ0v) is 10.4. The summed E-state index contributed by atoms with van der Waals surface area (Å²) in [5.74, 6) is -0.372. The van der Waals surface area contributed by atoms with Gasteiger partial charge in [-0.15, -0.1) is 0 Å². The van der Waals surface area contributed by atoms with Crippen molar-refractivity contribution in [1.29, 1.82) is 0 Å². The average Bonchev–Trinajstić information content (AvgIpc) is 2.79. The molecule has 2 N–H and O–H groups in total. The highest BCUT2D eigenvalue weighted by Gasteiger charge is 2.11. The molecule has 0 fully saturated rings. The van der Waals surface area contributed by atoms with Gasteiger partial charge in [-0.2, -0.15) is 5.10 Å². The predicted molar refractivity (Wildman–Crippen MR) is 67.3 cm³/mol. The minimum atomic E-state index is -0.552. The van der Waals surface area contributed by atoms with E-state index in [0.717, 1.165) is 18.1 Å². The van der Waals surface area contributed by atoms with Gasteiger partial charge in [0.25, 0.3) is 5.91 Å². The van der Waals surface area contributed by atoms with E-state index in [-0.39, 0.29) is 16.5 Å². The maximum absolute atomic E-state index is 13.0. The number of carbonyl (C=O) groups is 1. The Morgan fingerprint density at radius 3 is 3.00 bits per heavy atom. The Kier molecular flexibility index (Phi) is 3.62. The lowest BCUT2D eigenvalue weighted by molar-refractivity contribution is 0.102. The predicted octanol–water partition coefficient (Wildman–Crippen LogP) is 3.02. The van der Waals surface area contributed by atoms with E-state index < -0.39 is 5.82 Å². The van der Waals surface area contributed by atoms with E-state index in [2.05, 4.69) is 15.5 Å². The van der Waals surface area contributed by atoms with Gasteiger partial charge < -0.3 is 5.32 Å². The van der Waals surface area contributed by atoms with Crippen LogP contribution in [0.3, 0.4) is 0 Å². The largest absolute Gasteiger partial charge is 0.307 e. The van der Waals surface area contributed by atoms with Gasteiger partial charge in [-0.1, -0.05) is 18.5 Å². The van der Waals surface area contributed by atoms with Gasteiger partial charge in [0, 0.05) is 11.1 Å². The quantitative estimate of drug-likeness (QED) is 0.898. The number of amides is 1. The molecule has 6 heteroatoms. The molecule has 0 spiro atoms. The number of hydrogen-bond acceptors (Lipinski definition) is 2. The van der Waals surface area contributed by atoms with Gasteiger partial charge in [0.05, 0.1) is 11.2 Å². The highest BCUT2D eigenvalue weighted by Crippen LogP contribution is 2.18. The zero-order chi connectivity index (χ0) is 13.1. The third kappa shape index (κ3) is 2.51. The van der Waals surface area contributed by atoms with E-state index in [0.29, 0.717) is 5.82 Å². The molecule has 0 aliphatic heterocycles. The molecule has 1 aromatic carbocycles. The zero-order valence-electron chi connectivity index (χ0n) is 9.63. The van der Waals surface area contributed by atoms with Crippen LogP contribution in [0.15, 0.2) is 24.4 Å². The summed E-state index contributed by atoms with van der Waals surface area (Å²) in [5, 5.41) is 9.13. The molecule has 1 heterocycles. The summed E-state index contributed by atoms with van der Waals surface area (Å²) in [4.78, 5) is 11.9. The molecule has 2 rings (SSSR count). The molecule has 0 aliphatic rings. The van der Waals surface area contributed by atoms with E-state index in [1.807, 2.05) is 6.92 Å². The first-order valence-electron chi connectivity index (χ1n) is 5.40. The van der Waals surface area contributed by atoms with Crippen molar-refractivity contribution in [3.05, 3.63) is 46.4 Å². The normalized spacial score (nSPS) is 10.4. The number of halogens is 2. The topological polar surface area (TPSA) is 57.8 Å². The van der Waals surface area contributed by atoms with Crippen molar-refractivity contribution < 1.29 is 9.18 Å². The molecule has 2 aromatic rings. The van der Waals surface area contributed by atoms with Crippen LogP contribution in [0.1, 0.15) is 22.8 Å². The lowest BCUT2D eigenvalue weighted by atomic mass is 10.2. The monoisotopic (exact) mass is 267 g/mol. The minimum absolute atomic E-state index is 0.0806. The van der Waals surface area contributed by atoms with Crippen LogP contribution in [0, 0.1) is 5.82 Å². The molecule has 4 nitrogen and oxygen atoms in total. The maximum atomic E-state index is 13.0. The fourth-order valence-corrected chi connectivity index (χ4v) is 1.69. The average molecular weight is 268 g/mol. The van der Waals surface area contributed by atoms with Crippen molar-refractivity contribution in [3.63, 3.8) is 0 Å². The van der Waals surface area contributed by atoms with Crippen LogP contribution in [-0.4, -0.2) is 16.1 Å². The molecule has 0 bridgehead atoms. The number of aromatic nitrogens is 2. The Bertz CT molecular complexity index is 582. The number of hydrogen-bond donors (Lipinski definition) is 2. The van der Waals surface area contributed by atoms with Gasteiger partial charge >= 0.3 is 0 Å².